The van der Waals surface area contributed by atoms with Crippen molar-refractivity contribution in [1.82, 2.24) is 9.13 Å². The Labute approximate surface area is 139 Å². The summed E-state index contributed by atoms with van der Waals surface area (Å²) in [6, 6.07) is 16.6. The SMILES string of the molecule is Cn1c(-c2cccc(Cl)c2)cn(CC(=O)c2ccccc2)c1=N. The van der Waals surface area contributed by atoms with Gasteiger partial charge in [-0.2, -0.15) is 0 Å². The van der Waals surface area contributed by atoms with Gasteiger partial charge in [-0.3, -0.25) is 10.2 Å². The van der Waals surface area contributed by atoms with Crippen LogP contribution in [0.2, 0.25) is 5.02 Å². The lowest BCUT2D eigenvalue weighted by Gasteiger charge is -2.01. The lowest BCUT2D eigenvalue weighted by Crippen LogP contribution is -2.25. The topological polar surface area (TPSA) is 50.8 Å². The summed E-state index contributed by atoms with van der Waals surface area (Å²) in [5.74, 6) is -0.0210. The highest BCUT2D eigenvalue weighted by Gasteiger charge is 2.12. The zero-order chi connectivity index (χ0) is 16.4. The fraction of sp³-hybridized carbons (Fsp3) is 0.111. The first kappa shape index (κ1) is 15.3. The summed E-state index contributed by atoms with van der Waals surface area (Å²) in [6.45, 7) is 0.136. The molecule has 0 amide bonds. The van der Waals surface area contributed by atoms with Gasteiger partial charge in [-0.1, -0.05) is 54.1 Å². The summed E-state index contributed by atoms with van der Waals surface area (Å²) >= 11 is 6.04. The van der Waals surface area contributed by atoms with Crippen LogP contribution in [0.25, 0.3) is 11.3 Å². The van der Waals surface area contributed by atoms with Crippen LogP contribution >= 0.6 is 11.6 Å². The first-order chi connectivity index (χ1) is 11.1. The highest BCUT2D eigenvalue weighted by Crippen LogP contribution is 2.21. The van der Waals surface area contributed by atoms with Crippen LogP contribution < -0.4 is 5.62 Å². The molecule has 3 rings (SSSR count). The van der Waals surface area contributed by atoms with Gasteiger partial charge >= 0.3 is 0 Å². The number of halogens is 1. The molecule has 0 bridgehead atoms. The Morgan fingerprint density at radius 2 is 1.87 bits per heavy atom. The predicted molar refractivity (Wildman–Crippen MR) is 90.5 cm³/mol. The fourth-order valence-electron chi connectivity index (χ4n) is 2.51. The van der Waals surface area contributed by atoms with Crippen molar-refractivity contribution >= 4 is 17.4 Å². The van der Waals surface area contributed by atoms with Crippen molar-refractivity contribution in [3.63, 3.8) is 0 Å². The maximum atomic E-state index is 12.3. The van der Waals surface area contributed by atoms with Crippen molar-refractivity contribution in [3.05, 3.63) is 77.0 Å². The van der Waals surface area contributed by atoms with E-state index in [0.717, 1.165) is 11.3 Å². The monoisotopic (exact) mass is 325 g/mol. The minimum atomic E-state index is -0.0210. The van der Waals surface area contributed by atoms with Crippen molar-refractivity contribution in [2.24, 2.45) is 7.05 Å². The van der Waals surface area contributed by atoms with Crippen molar-refractivity contribution in [3.8, 4) is 11.3 Å². The number of aromatic nitrogens is 2. The molecular formula is C18H16ClN3O. The summed E-state index contributed by atoms with van der Waals surface area (Å²) in [5, 5.41) is 8.86. The van der Waals surface area contributed by atoms with E-state index in [1.54, 1.807) is 21.3 Å². The minimum absolute atomic E-state index is 0.0210. The maximum Gasteiger partial charge on any atom is 0.202 e. The van der Waals surface area contributed by atoms with Crippen molar-refractivity contribution in [1.29, 1.82) is 5.41 Å². The van der Waals surface area contributed by atoms with Gasteiger partial charge in [-0.15, -0.1) is 0 Å². The summed E-state index contributed by atoms with van der Waals surface area (Å²) in [6.07, 6.45) is 1.81. The zero-order valence-electron chi connectivity index (χ0n) is 12.7. The van der Waals surface area contributed by atoms with E-state index in [1.165, 1.54) is 0 Å². The molecule has 1 N–H and O–H groups in total. The van der Waals surface area contributed by atoms with Crippen molar-refractivity contribution in [2.75, 3.05) is 0 Å². The number of carbonyl (C=O) groups is 1. The molecule has 2 aromatic carbocycles. The van der Waals surface area contributed by atoms with Gasteiger partial charge in [0.1, 0.15) is 0 Å². The van der Waals surface area contributed by atoms with Crippen LogP contribution in [-0.2, 0) is 13.6 Å². The van der Waals surface area contributed by atoms with E-state index in [2.05, 4.69) is 0 Å². The number of hydrogen-bond donors (Lipinski definition) is 1. The third kappa shape index (κ3) is 3.12. The number of hydrogen-bond acceptors (Lipinski definition) is 2. The Hall–Kier alpha value is -2.59. The highest BCUT2D eigenvalue weighted by atomic mass is 35.5. The van der Waals surface area contributed by atoms with Crippen LogP contribution in [0.4, 0.5) is 0 Å². The van der Waals surface area contributed by atoms with Gasteiger partial charge in [0.25, 0.3) is 0 Å². The van der Waals surface area contributed by atoms with E-state index in [9.17, 15) is 4.79 Å². The molecule has 116 valence electrons. The molecule has 0 atom stereocenters. The Bertz CT molecular complexity index is 910. The molecule has 1 heterocycles. The molecule has 23 heavy (non-hydrogen) atoms. The Morgan fingerprint density at radius 3 is 2.57 bits per heavy atom. The van der Waals surface area contributed by atoms with Gasteiger partial charge in [0, 0.05) is 29.4 Å². The number of Topliss-reactive ketones (excluding diaryl/α,β-unsaturated/α-hetero) is 1. The summed E-state index contributed by atoms with van der Waals surface area (Å²) < 4.78 is 3.38. The molecule has 0 unspecified atom stereocenters. The fourth-order valence-corrected chi connectivity index (χ4v) is 2.70. The lowest BCUT2D eigenvalue weighted by atomic mass is 10.1. The largest absolute Gasteiger partial charge is 0.314 e. The second-order valence-corrected chi connectivity index (χ2v) is 5.76. The Balaban J connectivity index is 1.95. The second kappa shape index (κ2) is 6.26. The third-order valence-corrected chi connectivity index (χ3v) is 3.99. The van der Waals surface area contributed by atoms with Gasteiger partial charge in [0.15, 0.2) is 5.78 Å². The number of nitrogens with one attached hydrogen (secondary N) is 1. The highest BCUT2D eigenvalue weighted by molar-refractivity contribution is 6.30. The number of nitrogens with zero attached hydrogens (tertiary/aromatic N) is 2. The zero-order valence-corrected chi connectivity index (χ0v) is 13.4. The number of ketones is 1. The summed E-state index contributed by atoms with van der Waals surface area (Å²) in [7, 11) is 1.81. The average Bonchev–Trinajstić information content (AvgIpc) is 2.84. The van der Waals surface area contributed by atoms with E-state index in [0.29, 0.717) is 10.6 Å². The molecule has 0 aliphatic rings. The van der Waals surface area contributed by atoms with Crippen LogP contribution in [0, 0.1) is 5.41 Å². The van der Waals surface area contributed by atoms with Crippen LogP contribution in [0.5, 0.6) is 0 Å². The second-order valence-electron chi connectivity index (χ2n) is 5.32. The molecule has 5 heteroatoms. The molecular weight excluding hydrogens is 310 g/mol. The van der Waals surface area contributed by atoms with E-state index < -0.39 is 0 Å². The van der Waals surface area contributed by atoms with Crippen LogP contribution in [0.3, 0.4) is 0 Å². The van der Waals surface area contributed by atoms with Crippen LogP contribution in [-0.4, -0.2) is 14.9 Å². The van der Waals surface area contributed by atoms with Gasteiger partial charge in [-0.05, 0) is 12.1 Å². The molecule has 0 aliphatic carbocycles. The van der Waals surface area contributed by atoms with Crippen LogP contribution in [0.15, 0.2) is 60.8 Å². The normalized spacial score (nSPS) is 10.7. The molecule has 0 radical (unpaired) electrons. The lowest BCUT2D eigenvalue weighted by molar-refractivity contribution is 0.0970. The number of imidazole rings is 1. The summed E-state index contributed by atoms with van der Waals surface area (Å²) in [4.78, 5) is 12.3. The van der Waals surface area contributed by atoms with E-state index >= 15 is 0 Å². The molecule has 0 spiro atoms. The molecule has 3 aromatic rings. The smallest absolute Gasteiger partial charge is 0.202 e. The van der Waals surface area contributed by atoms with Crippen LogP contribution in [0.1, 0.15) is 10.4 Å². The van der Waals surface area contributed by atoms with E-state index in [-0.39, 0.29) is 17.9 Å². The van der Waals surface area contributed by atoms with Gasteiger partial charge in [-0.25, -0.2) is 0 Å². The first-order valence-electron chi connectivity index (χ1n) is 7.21. The number of carbonyl (C=O) groups excluding carboxylic acids is 1. The standard InChI is InChI=1S/C18H16ClN3O/c1-21-16(14-8-5-9-15(19)10-14)11-22(18(21)20)12-17(23)13-6-3-2-4-7-13/h2-11,20H,12H2,1H3. The third-order valence-electron chi connectivity index (χ3n) is 3.76. The predicted octanol–water partition coefficient (Wildman–Crippen LogP) is 3.51. The Kier molecular flexibility index (Phi) is 4.17. The van der Waals surface area contributed by atoms with Gasteiger partial charge in [0.05, 0.1) is 12.2 Å². The first-order valence-corrected chi connectivity index (χ1v) is 7.59. The quantitative estimate of drug-likeness (QED) is 0.733. The minimum Gasteiger partial charge on any atom is -0.314 e. The average molecular weight is 326 g/mol. The summed E-state index contributed by atoms with van der Waals surface area (Å²) in [5.41, 5.74) is 2.68. The number of rotatable bonds is 4. The van der Waals surface area contributed by atoms with E-state index in [4.69, 9.17) is 17.0 Å². The molecule has 0 fully saturated rings. The van der Waals surface area contributed by atoms with Gasteiger partial charge < -0.3 is 9.13 Å². The molecule has 0 aliphatic heterocycles. The molecule has 4 nitrogen and oxygen atoms in total. The maximum absolute atomic E-state index is 12.3. The van der Waals surface area contributed by atoms with Crippen molar-refractivity contribution < 1.29 is 4.79 Å². The molecule has 0 saturated carbocycles. The molecule has 1 aromatic heterocycles. The van der Waals surface area contributed by atoms with Gasteiger partial charge in [0.2, 0.25) is 5.62 Å². The number of benzene rings is 2. The Morgan fingerprint density at radius 1 is 1.13 bits per heavy atom. The van der Waals surface area contributed by atoms with Crippen molar-refractivity contribution in [2.45, 2.75) is 6.54 Å². The van der Waals surface area contributed by atoms with E-state index in [1.807, 2.05) is 55.7 Å². The molecule has 0 saturated heterocycles.